The highest BCUT2D eigenvalue weighted by Gasteiger charge is 2.41. The highest BCUT2D eigenvalue weighted by Crippen LogP contribution is 2.38. The van der Waals surface area contributed by atoms with E-state index in [0.29, 0.717) is 32.1 Å². The highest BCUT2D eigenvalue weighted by molar-refractivity contribution is 5.89. The minimum absolute atomic E-state index is 0.0732. The number of ketones is 1. The van der Waals surface area contributed by atoms with E-state index in [0.717, 1.165) is 0 Å². The molecule has 1 fully saturated rings. The molecule has 0 amide bonds. The average molecular weight is 249 g/mol. The summed E-state index contributed by atoms with van der Waals surface area (Å²) in [5.41, 5.74) is -0.971. The van der Waals surface area contributed by atoms with E-state index in [2.05, 4.69) is 4.74 Å². The molecule has 0 aromatic heterocycles. The molecule has 1 aliphatic carbocycles. The molecule has 1 rings (SSSR count). The number of rotatable bonds is 5. The molecule has 17 heavy (non-hydrogen) atoms. The number of alkyl halides is 3. The molecule has 0 spiro atoms. The molecule has 6 heteroatoms. The van der Waals surface area contributed by atoms with E-state index in [1.54, 1.807) is 0 Å². The van der Waals surface area contributed by atoms with Crippen LogP contribution in [0.5, 0.6) is 0 Å². The molecular formula is C11H14F3NO2. The van der Waals surface area contributed by atoms with Crippen LogP contribution in [0.15, 0.2) is 0 Å². The molecule has 0 aromatic carbocycles. The van der Waals surface area contributed by atoms with Gasteiger partial charge in [-0.25, -0.2) is 0 Å². The highest BCUT2D eigenvalue weighted by atomic mass is 19.4. The standard InChI is InChI=1S/C11H14F3NO2/c12-11(13,14)8-17-6-2-5-10(7-15)4-1-3-9(10)16/h1-6,8H2. The Bertz CT molecular complexity index is 322. The van der Waals surface area contributed by atoms with Gasteiger partial charge in [0.25, 0.3) is 0 Å². The molecule has 0 radical (unpaired) electrons. The summed E-state index contributed by atoms with van der Waals surface area (Å²) in [5, 5.41) is 8.98. The van der Waals surface area contributed by atoms with Crippen molar-refractivity contribution in [2.24, 2.45) is 5.41 Å². The molecular weight excluding hydrogens is 235 g/mol. The van der Waals surface area contributed by atoms with Crippen molar-refractivity contribution in [3.05, 3.63) is 0 Å². The summed E-state index contributed by atoms with van der Waals surface area (Å²) in [6, 6.07) is 2.01. The van der Waals surface area contributed by atoms with Gasteiger partial charge in [-0.3, -0.25) is 4.79 Å². The lowest BCUT2D eigenvalue weighted by molar-refractivity contribution is -0.174. The van der Waals surface area contributed by atoms with E-state index in [9.17, 15) is 18.0 Å². The van der Waals surface area contributed by atoms with Gasteiger partial charge in [-0.1, -0.05) is 0 Å². The predicted molar refractivity (Wildman–Crippen MR) is 53.0 cm³/mol. The molecule has 0 saturated heterocycles. The van der Waals surface area contributed by atoms with E-state index in [1.807, 2.05) is 6.07 Å². The summed E-state index contributed by atoms with van der Waals surface area (Å²) < 4.78 is 39.7. The van der Waals surface area contributed by atoms with Crippen LogP contribution in [0, 0.1) is 16.7 Å². The molecule has 1 atom stereocenters. The molecule has 1 aliphatic rings. The molecule has 0 bridgehead atoms. The van der Waals surface area contributed by atoms with Crippen molar-refractivity contribution >= 4 is 5.78 Å². The number of hydrogen-bond acceptors (Lipinski definition) is 3. The van der Waals surface area contributed by atoms with Gasteiger partial charge in [0.15, 0.2) is 5.78 Å². The van der Waals surface area contributed by atoms with Crippen LogP contribution in [0.3, 0.4) is 0 Å². The summed E-state index contributed by atoms with van der Waals surface area (Å²) in [4.78, 5) is 11.5. The van der Waals surface area contributed by atoms with Gasteiger partial charge in [-0.05, 0) is 25.7 Å². The van der Waals surface area contributed by atoms with Crippen LogP contribution in [0.4, 0.5) is 13.2 Å². The van der Waals surface area contributed by atoms with Crippen molar-refractivity contribution in [1.82, 2.24) is 0 Å². The lowest BCUT2D eigenvalue weighted by Crippen LogP contribution is -2.24. The Morgan fingerprint density at radius 1 is 1.47 bits per heavy atom. The first-order valence-corrected chi connectivity index (χ1v) is 5.49. The third-order valence-electron chi connectivity index (χ3n) is 2.91. The number of carbonyl (C=O) groups excluding carboxylic acids is 1. The SMILES string of the molecule is N#CC1(CCCOCC(F)(F)F)CCCC1=O. The second-order valence-corrected chi connectivity index (χ2v) is 4.24. The van der Waals surface area contributed by atoms with Crippen molar-refractivity contribution in [1.29, 1.82) is 5.26 Å². The van der Waals surface area contributed by atoms with Gasteiger partial charge in [-0.15, -0.1) is 0 Å². The first-order valence-electron chi connectivity index (χ1n) is 5.49. The van der Waals surface area contributed by atoms with Gasteiger partial charge in [0.05, 0.1) is 6.07 Å². The molecule has 0 aliphatic heterocycles. The number of halogens is 3. The van der Waals surface area contributed by atoms with E-state index in [4.69, 9.17) is 5.26 Å². The van der Waals surface area contributed by atoms with Gasteiger partial charge in [0.2, 0.25) is 0 Å². The number of Topliss-reactive ketones (excluding diaryl/α,β-unsaturated/α-hetero) is 1. The largest absolute Gasteiger partial charge is 0.411 e. The lowest BCUT2D eigenvalue weighted by atomic mass is 9.82. The maximum Gasteiger partial charge on any atom is 0.411 e. The quantitative estimate of drug-likeness (QED) is 0.704. The predicted octanol–water partition coefficient (Wildman–Crippen LogP) is 2.61. The van der Waals surface area contributed by atoms with Gasteiger partial charge < -0.3 is 4.74 Å². The number of nitrogens with zero attached hydrogens (tertiary/aromatic N) is 1. The van der Waals surface area contributed by atoms with Gasteiger partial charge in [0.1, 0.15) is 12.0 Å². The maximum atomic E-state index is 11.8. The molecule has 0 N–H and O–H groups in total. The zero-order valence-electron chi connectivity index (χ0n) is 9.35. The molecule has 1 unspecified atom stereocenters. The zero-order valence-corrected chi connectivity index (χ0v) is 9.35. The maximum absolute atomic E-state index is 11.8. The van der Waals surface area contributed by atoms with E-state index in [1.165, 1.54) is 0 Å². The Morgan fingerprint density at radius 2 is 2.18 bits per heavy atom. The van der Waals surface area contributed by atoms with Crippen molar-refractivity contribution in [2.45, 2.75) is 38.3 Å². The molecule has 96 valence electrons. The fourth-order valence-corrected chi connectivity index (χ4v) is 2.03. The smallest absolute Gasteiger partial charge is 0.372 e. The first-order chi connectivity index (χ1) is 7.90. The molecule has 0 heterocycles. The van der Waals surface area contributed by atoms with Crippen LogP contribution < -0.4 is 0 Å². The third kappa shape index (κ3) is 4.00. The van der Waals surface area contributed by atoms with Crippen LogP contribution >= 0.6 is 0 Å². The van der Waals surface area contributed by atoms with E-state index >= 15 is 0 Å². The number of ether oxygens (including phenoxy) is 1. The molecule has 0 aromatic rings. The minimum Gasteiger partial charge on any atom is -0.372 e. The summed E-state index contributed by atoms with van der Waals surface area (Å²) in [6.07, 6.45) is -2.12. The number of nitriles is 1. The van der Waals surface area contributed by atoms with Crippen LogP contribution in [0.25, 0.3) is 0 Å². The van der Waals surface area contributed by atoms with Crippen molar-refractivity contribution in [2.75, 3.05) is 13.2 Å². The van der Waals surface area contributed by atoms with Crippen LogP contribution in [0.1, 0.15) is 32.1 Å². The van der Waals surface area contributed by atoms with Gasteiger partial charge in [0, 0.05) is 13.0 Å². The monoisotopic (exact) mass is 249 g/mol. The topological polar surface area (TPSA) is 50.1 Å². The Kier molecular flexibility index (Phi) is 4.52. The van der Waals surface area contributed by atoms with Gasteiger partial charge in [-0.2, -0.15) is 18.4 Å². The number of hydrogen-bond donors (Lipinski definition) is 0. The number of carbonyl (C=O) groups is 1. The Labute approximate surface area is 97.5 Å². The average Bonchev–Trinajstić information content (AvgIpc) is 2.59. The van der Waals surface area contributed by atoms with Crippen LogP contribution in [-0.4, -0.2) is 25.2 Å². The van der Waals surface area contributed by atoms with Gasteiger partial charge >= 0.3 is 6.18 Å². The Hall–Kier alpha value is -1.09. The summed E-state index contributed by atoms with van der Waals surface area (Å²) in [6.45, 7) is -1.35. The molecule has 1 saturated carbocycles. The van der Waals surface area contributed by atoms with E-state index < -0.39 is 18.2 Å². The second-order valence-electron chi connectivity index (χ2n) is 4.24. The lowest BCUT2D eigenvalue weighted by Gasteiger charge is -2.18. The summed E-state index contributed by atoms with van der Waals surface area (Å²) in [7, 11) is 0. The van der Waals surface area contributed by atoms with Crippen molar-refractivity contribution in [3.63, 3.8) is 0 Å². The van der Waals surface area contributed by atoms with Crippen molar-refractivity contribution < 1.29 is 22.7 Å². The zero-order chi connectivity index (χ0) is 12.9. The molecule has 3 nitrogen and oxygen atoms in total. The fourth-order valence-electron chi connectivity index (χ4n) is 2.03. The van der Waals surface area contributed by atoms with Crippen LogP contribution in [-0.2, 0) is 9.53 Å². The van der Waals surface area contributed by atoms with Crippen molar-refractivity contribution in [3.8, 4) is 6.07 Å². The normalized spacial score (nSPS) is 24.9. The second kappa shape index (κ2) is 5.50. The van der Waals surface area contributed by atoms with Crippen LogP contribution in [0.2, 0.25) is 0 Å². The van der Waals surface area contributed by atoms with E-state index in [-0.39, 0.29) is 12.4 Å². The Morgan fingerprint density at radius 3 is 2.65 bits per heavy atom. The third-order valence-corrected chi connectivity index (χ3v) is 2.91. The Balaban J connectivity index is 2.26. The summed E-state index contributed by atoms with van der Waals surface area (Å²) in [5.74, 6) is -0.0872. The minimum atomic E-state index is -4.32. The summed E-state index contributed by atoms with van der Waals surface area (Å²) >= 11 is 0. The first kappa shape index (κ1) is 14.0. The fraction of sp³-hybridized carbons (Fsp3) is 0.818.